The quantitative estimate of drug-likeness (QED) is 0.270. The fraction of sp³-hybridized carbons (Fsp3) is 0.912. The van der Waals surface area contributed by atoms with E-state index in [4.69, 9.17) is 4.74 Å². The number of esters is 1. The summed E-state index contributed by atoms with van der Waals surface area (Å²) in [7, 11) is 0. The summed E-state index contributed by atoms with van der Waals surface area (Å²) in [5.74, 6) is 3.18. The molecule has 0 bridgehead atoms. The van der Waals surface area contributed by atoms with Gasteiger partial charge in [-0.2, -0.15) is 0 Å². The van der Waals surface area contributed by atoms with Crippen LogP contribution in [0.2, 0.25) is 0 Å². The number of carbonyl (C=O) groups excluding carboxylic acids is 1. The highest BCUT2D eigenvalue weighted by Gasteiger charge is 2.82. The summed E-state index contributed by atoms with van der Waals surface area (Å²) < 4.78 is 5.92. The van der Waals surface area contributed by atoms with Crippen LogP contribution in [0.3, 0.4) is 0 Å². The van der Waals surface area contributed by atoms with E-state index in [1.807, 2.05) is 0 Å². The normalized spacial score (nSPS) is 47.6. The summed E-state index contributed by atoms with van der Waals surface area (Å²) in [6.07, 6.45) is 15.0. The highest BCUT2D eigenvalue weighted by Crippen LogP contribution is 2.89. The van der Waals surface area contributed by atoms with Gasteiger partial charge >= 0.3 is 5.97 Å². The van der Waals surface area contributed by atoms with E-state index in [9.17, 15) is 4.79 Å². The zero-order valence-electron chi connectivity index (χ0n) is 25.2. The lowest BCUT2D eigenvalue weighted by molar-refractivity contribution is -0.181. The maximum Gasteiger partial charge on any atom is 0.302 e. The Labute approximate surface area is 222 Å². The second-order valence-corrected chi connectivity index (χ2v) is 16.3. The first kappa shape index (κ1) is 26.8. The molecular weight excluding hydrogens is 440 g/mol. The third-order valence-electron chi connectivity index (χ3n) is 14.5. The lowest BCUT2D eigenvalue weighted by Gasteiger charge is -2.63. The molecule has 0 unspecified atom stereocenters. The maximum absolute atomic E-state index is 11.9. The zero-order chi connectivity index (χ0) is 26.5. The van der Waals surface area contributed by atoms with Crippen molar-refractivity contribution < 1.29 is 9.53 Å². The molecule has 204 valence electrons. The standard InChI is InChI=1S/C34H56O2/c1-22(2)29(5,6)16-13-23(3)25-14-17-32(10)27-12-11-26-30(7,8)28(36-24(4)35)15-18-33(26)21-34(27,33)20-19-31(25,32)9/h23,25-28H,1,11-21H2,2-10H3/t23-,25-,26-,27-,28+,31-,32+,33-,34+/m1/s1. The van der Waals surface area contributed by atoms with E-state index in [0.29, 0.717) is 27.6 Å². The first-order valence-corrected chi connectivity index (χ1v) is 15.4. The number of rotatable bonds is 6. The molecule has 0 heterocycles. The topological polar surface area (TPSA) is 26.3 Å². The molecule has 5 aliphatic rings. The van der Waals surface area contributed by atoms with Gasteiger partial charge in [0.1, 0.15) is 6.10 Å². The first-order valence-electron chi connectivity index (χ1n) is 15.4. The molecule has 0 radical (unpaired) electrons. The molecule has 0 aromatic heterocycles. The van der Waals surface area contributed by atoms with Crippen LogP contribution in [0.15, 0.2) is 12.2 Å². The van der Waals surface area contributed by atoms with E-state index in [1.54, 1.807) is 6.92 Å². The van der Waals surface area contributed by atoms with Gasteiger partial charge in [0.25, 0.3) is 0 Å². The van der Waals surface area contributed by atoms with Crippen molar-refractivity contribution in [1.82, 2.24) is 0 Å². The van der Waals surface area contributed by atoms with Crippen LogP contribution in [0.5, 0.6) is 0 Å². The Bertz CT molecular complexity index is 929. The Morgan fingerprint density at radius 3 is 2.19 bits per heavy atom. The van der Waals surface area contributed by atoms with Gasteiger partial charge in [0.15, 0.2) is 0 Å². The molecule has 5 rings (SSSR count). The van der Waals surface area contributed by atoms with E-state index in [0.717, 1.165) is 24.2 Å². The number of ether oxygens (including phenoxy) is 1. The minimum atomic E-state index is -0.0954. The Balaban J connectivity index is 1.37. The second-order valence-electron chi connectivity index (χ2n) is 16.3. The predicted octanol–water partition coefficient (Wildman–Crippen LogP) is 9.38. The van der Waals surface area contributed by atoms with Gasteiger partial charge in [0.05, 0.1) is 0 Å². The van der Waals surface area contributed by atoms with Gasteiger partial charge in [-0.25, -0.2) is 0 Å². The lowest BCUT2D eigenvalue weighted by atomic mass is 9.41. The summed E-state index contributed by atoms with van der Waals surface area (Å²) in [4.78, 5) is 11.9. The molecular formula is C34H56O2. The fourth-order valence-electron chi connectivity index (χ4n) is 11.7. The van der Waals surface area contributed by atoms with Crippen molar-refractivity contribution in [3.8, 4) is 0 Å². The molecule has 0 saturated heterocycles. The zero-order valence-corrected chi connectivity index (χ0v) is 25.2. The average molecular weight is 497 g/mol. The van der Waals surface area contributed by atoms with Gasteiger partial charge in [0.2, 0.25) is 0 Å². The summed E-state index contributed by atoms with van der Waals surface area (Å²) in [6.45, 7) is 25.7. The SMILES string of the molecule is C=C(C)C(C)(C)CC[C@@H](C)[C@H]1CC[C@@]2(C)[C@H]3CC[C@@H]4C(C)(C)[C@@H](OC(C)=O)CC[C@@]45C[C@@]35CC[C@]12C. The Hall–Kier alpha value is -0.790. The molecule has 2 nitrogen and oxygen atoms in total. The van der Waals surface area contributed by atoms with Crippen molar-refractivity contribution in [2.75, 3.05) is 0 Å². The van der Waals surface area contributed by atoms with Crippen LogP contribution < -0.4 is 0 Å². The number of carbonyl (C=O) groups is 1. The molecule has 5 aliphatic carbocycles. The van der Waals surface area contributed by atoms with Crippen LogP contribution in [-0.4, -0.2) is 12.1 Å². The minimum Gasteiger partial charge on any atom is -0.462 e. The predicted molar refractivity (Wildman–Crippen MR) is 149 cm³/mol. The van der Waals surface area contributed by atoms with Crippen LogP contribution in [0.1, 0.15) is 133 Å². The minimum absolute atomic E-state index is 0.0954. The number of hydrogen-bond donors (Lipinski definition) is 0. The number of fused-ring (bicyclic) bond motifs is 2. The van der Waals surface area contributed by atoms with Crippen molar-refractivity contribution in [2.24, 2.45) is 56.2 Å². The van der Waals surface area contributed by atoms with Crippen LogP contribution in [0.4, 0.5) is 0 Å². The third kappa shape index (κ3) is 3.36. The Morgan fingerprint density at radius 2 is 1.56 bits per heavy atom. The van der Waals surface area contributed by atoms with Gasteiger partial charge in [-0.1, -0.05) is 60.6 Å². The molecule has 0 aromatic rings. The van der Waals surface area contributed by atoms with Crippen molar-refractivity contribution in [3.63, 3.8) is 0 Å². The molecule has 5 fully saturated rings. The maximum atomic E-state index is 11.9. The third-order valence-corrected chi connectivity index (χ3v) is 14.5. The molecule has 0 aliphatic heterocycles. The van der Waals surface area contributed by atoms with Crippen molar-refractivity contribution in [2.45, 2.75) is 139 Å². The van der Waals surface area contributed by atoms with Gasteiger partial charge in [-0.05, 0) is 128 Å². The van der Waals surface area contributed by atoms with E-state index >= 15 is 0 Å². The van der Waals surface area contributed by atoms with Gasteiger partial charge in [-0.15, -0.1) is 0 Å². The Morgan fingerprint density at radius 1 is 0.917 bits per heavy atom. The van der Waals surface area contributed by atoms with Crippen molar-refractivity contribution in [1.29, 1.82) is 0 Å². The van der Waals surface area contributed by atoms with E-state index in [2.05, 4.69) is 62.0 Å². The molecule has 5 saturated carbocycles. The van der Waals surface area contributed by atoms with Gasteiger partial charge < -0.3 is 4.74 Å². The molecule has 2 heteroatoms. The molecule has 36 heavy (non-hydrogen) atoms. The lowest BCUT2D eigenvalue weighted by Crippen LogP contribution is -2.58. The van der Waals surface area contributed by atoms with E-state index in [1.165, 1.54) is 69.8 Å². The highest BCUT2D eigenvalue weighted by atomic mass is 16.5. The van der Waals surface area contributed by atoms with Crippen molar-refractivity contribution >= 4 is 5.97 Å². The largest absolute Gasteiger partial charge is 0.462 e. The molecule has 0 aromatic carbocycles. The monoisotopic (exact) mass is 496 g/mol. The molecule has 2 spiro atoms. The van der Waals surface area contributed by atoms with Gasteiger partial charge in [0, 0.05) is 12.3 Å². The van der Waals surface area contributed by atoms with E-state index in [-0.39, 0.29) is 22.9 Å². The van der Waals surface area contributed by atoms with Crippen LogP contribution in [-0.2, 0) is 9.53 Å². The van der Waals surface area contributed by atoms with Crippen LogP contribution in [0.25, 0.3) is 0 Å². The molecule has 0 N–H and O–H groups in total. The summed E-state index contributed by atoms with van der Waals surface area (Å²) in [5.41, 5.74) is 3.75. The van der Waals surface area contributed by atoms with Gasteiger partial charge in [-0.3, -0.25) is 4.79 Å². The Kier molecular flexibility index (Phi) is 6.04. The highest BCUT2D eigenvalue weighted by molar-refractivity contribution is 5.66. The van der Waals surface area contributed by atoms with Crippen molar-refractivity contribution in [3.05, 3.63) is 12.2 Å². The van der Waals surface area contributed by atoms with Crippen LogP contribution in [0, 0.1) is 56.2 Å². The molecule has 0 amide bonds. The second kappa shape index (κ2) is 8.11. The smallest absolute Gasteiger partial charge is 0.302 e. The van der Waals surface area contributed by atoms with Crippen LogP contribution >= 0.6 is 0 Å². The molecule has 9 atom stereocenters. The summed E-state index contributed by atoms with van der Waals surface area (Å²) >= 11 is 0. The first-order chi connectivity index (χ1) is 16.6. The average Bonchev–Trinajstić information content (AvgIpc) is 3.36. The summed E-state index contributed by atoms with van der Waals surface area (Å²) in [5, 5.41) is 0. The fourth-order valence-corrected chi connectivity index (χ4v) is 11.7. The number of allylic oxidation sites excluding steroid dienone is 1. The summed E-state index contributed by atoms with van der Waals surface area (Å²) in [6, 6.07) is 0. The number of hydrogen-bond acceptors (Lipinski definition) is 2. The van der Waals surface area contributed by atoms with E-state index < -0.39 is 0 Å².